The Morgan fingerprint density at radius 1 is 0.846 bits per heavy atom. The molecule has 2 rings (SSSR count). The quantitative estimate of drug-likeness (QED) is 0.547. The Hall–Kier alpha value is -2.22. The predicted octanol–water partition coefficient (Wildman–Crippen LogP) is 1.01. The van der Waals surface area contributed by atoms with Crippen LogP contribution in [-0.4, -0.2) is 82.4 Å². The minimum absolute atomic E-state index is 0.219. The van der Waals surface area contributed by atoms with Gasteiger partial charge in [0, 0.05) is 34.4 Å². The average molecular weight is 362 g/mol. The van der Waals surface area contributed by atoms with Crippen LogP contribution in [0.15, 0.2) is 36.0 Å². The first-order valence-electron chi connectivity index (χ1n) is 8.53. The number of hydrogen-bond acceptors (Lipinski definition) is 6. The molecule has 0 fully saturated rings. The highest BCUT2D eigenvalue weighted by Crippen LogP contribution is 2.31. The number of ether oxygens (including phenoxy) is 3. The minimum atomic E-state index is -0.307. The molecule has 0 saturated carbocycles. The van der Waals surface area contributed by atoms with Gasteiger partial charge in [-0.3, -0.25) is 14.5 Å². The number of methoxy groups -OCH3 is 3. The topological polar surface area (TPSA) is 68.3 Å². The molecule has 0 aromatic heterocycles. The lowest BCUT2D eigenvalue weighted by atomic mass is 10.0. The van der Waals surface area contributed by atoms with Gasteiger partial charge in [0.25, 0.3) is 11.8 Å². The lowest BCUT2D eigenvalue weighted by Crippen LogP contribution is -2.39. The largest absolute Gasteiger partial charge is 0.383 e. The molecule has 142 valence electrons. The van der Waals surface area contributed by atoms with Crippen molar-refractivity contribution in [3.05, 3.63) is 41.6 Å². The third-order valence-electron chi connectivity index (χ3n) is 4.17. The molecule has 0 saturated heterocycles. The van der Waals surface area contributed by atoms with Crippen LogP contribution in [-0.2, 0) is 23.8 Å². The van der Waals surface area contributed by atoms with Gasteiger partial charge >= 0.3 is 0 Å². The predicted molar refractivity (Wildman–Crippen MR) is 97.3 cm³/mol. The Kier molecular flexibility index (Phi) is 7.77. The highest BCUT2D eigenvalue weighted by molar-refractivity contribution is 6.35. The van der Waals surface area contributed by atoms with Crippen molar-refractivity contribution in [2.75, 3.05) is 60.8 Å². The van der Waals surface area contributed by atoms with E-state index in [9.17, 15) is 9.59 Å². The summed E-state index contributed by atoms with van der Waals surface area (Å²) in [5, 5.41) is 0. The number of imide groups is 1. The number of carbonyl (C=O) groups is 2. The summed E-state index contributed by atoms with van der Waals surface area (Å²) in [6.45, 7) is 2.37. The first-order valence-corrected chi connectivity index (χ1v) is 8.53. The SMILES string of the molecule is COCCN(CCOC)C1=C(c2ccccc2)C(=O)N(CCOC)C1=O. The van der Waals surface area contributed by atoms with Gasteiger partial charge in [0.05, 0.1) is 31.9 Å². The molecule has 1 aliphatic heterocycles. The number of nitrogens with zero attached hydrogens (tertiary/aromatic N) is 2. The van der Waals surface area contributed by atoms with E-state index in [1.165, 1.54) is 4.90 Å². The Bertz CT molecular complexity index is 637. The van der Waals surface area contributed by atoms with Crippen molar-refractivity contribution in [1.82, 2.24) is 9.80 Å². The Labute approximate surface area is 154 Å². The second-order valence-corrected chi connectivity index (χ2v) is 5.82. The summed E-state index contributed by atoms with van der Waals surface area (Å²) in [6.07, 6.45) is 0. The van der Waals surface area contributed by atoms with E-state index in [0.29, 0.717) is 44.2 Å². The molecular weight excluding hydrogens is 336 g/mol. The summed E-state index contributed by atoms with van der Waals surface area (Å²) < 4.78 is 15.4. The van der Waals surface area contributed by atoms with Gasteiger partial charge in [-0.2, -0.15) is 0 Å². The Morgan fingerprint density at radius 3 is 1.96 bits per heavy atom. The van der Waals surface area contributed by atoms with Gasteiger partial charge in [0.1, 0.15) is 5.70 Å². The van der Waals surface area contributed by atoms with Crippen molar-refractivity contribution in [3.63, 3.8) is 0 Å². The number of amides is 2. The van der Waals surface area contributed by atoms with E-state index in [2.05, 4.69) is 0 Å². The van der Waals surface area contributed by atoms with E-state index >= 15 is 0 Å². The third kappa shape index (κ3) is 4.49. The van der Waals surface area contributed by atoms with E-state index in [4.69, 9.17) is 14.2 Å². The van der Waals surface area contributed by atoms with Crippen LogP contribution in [0.25, 0.3) is 5.57 Å². The van der Waals surface area contributed by atoms with Gasteiger partial charge in [-0.1, -0.05) is 30.3 Å². The molecule has 0 unspecified atom stereocenters. The molecule has 0 atom stereocenters. The zero-order valence-electron chi connectivity index (χ0n) is 15.6. The van der Waals surface area contributed by atoms with E-state index in [-0.39, 0.29) is 18.4 Å². The first kappa shape index (κ1) is 20.1. The van der Waals surface area contributed by atoms with Crippen molar-refractivity contribution in [2.45, 2.75) is 0 Å². The molecule has 0 N–H and O–H groups in total. The van der Waals surface area contributed by atoms with Crippen molar-refractivity contribution in [2.24, 2.45) is 0 Å². The van der Waals surface area contributed by atoms with Crippen molar-refractivity contribution < 1.29 is 23.8 Å². The standard InChI is InChI=1S/C19H26N2O5/c1-24-12-9-20(10-13-25-2)17-16(15-7-5-4-6-8-15)18(22)21(19(17)23)11-14-26-3/h4-8H,9-14H2,1-3H3. The van der Waals surface area contributed by atoms with Crippen LogP contribution in [0, 0.1) is 0 Å². The van der Waals surface area contributed by atoms with Crippen molar-refractivity contribution >= 4 is 17.4 Å². The molecule has 0 aliphatic carbocycles. The summed E-state index contributed by atoms with van der Waals surface area (Å²) >= 11 is 0. The molecule has 2 amide bonds. The van der Waals surface area contributed by atoms with Gasteiger partial charge in [-0.25, -0.2) is 0 Å². The fourth-order valence-corrected chi connectivity index (χ4v) is 2.85. The molecule has 1 aromatic rings. The third-order valence-corrected chi connectivity index (χ3v) is 4.17. The number of benzene rings is 1. The first-order chi connectivity index (χ1) is 12.7. The van der Waals surface area contributed by atoms with Crippen LogP contribution in [0.3, 0.4) is 0 Å². The van der Waals surface area contributed by atoms with Crippen LogP contribution >= 0.6 is 0 Å². The van der Waals surface area contributed by atoms with Crippen LogP contribution in [0.2, 0.25) is 0 Å². The number of rotatable bonds is 11. The Morgan fingerprint density at radius 2 is 1.42 bits per heavy atom. The maximum Gasteiger partial charge on any atom is 0.277 e. The van der Waals surface area contributed by atoms with Crippen molar-refractivity contribution in [1.29, 1.82) is 0 Å². The molecule has 0 bridgehead atoms. The molecule has 1 aromatic carbocycles. The summed E-state index contributed by atoms with van der Waals surface area (Å²) in [4.78, 5) is 29.1. The van der Waals surface area contributed by atoms with Gasteiger partial charge < -0.3 is 19.1 Å². The molecule has 7 nitrogen and oxygen atoms in total. The zero-order valence-corrected chi connectivity index (χ0v) is 15.6. The smallest absolute Gasteiger partial charge is 0.277 e. The van der Waals surface area contributed by atoms with Gasteiger partial charge in [0.2, 0.25) is 0 Å². The molecular formula is C19H26N2O5. The normalized spacial score (nSPS) is 14.5. The fraction of sp³-hybridized carbons (Fsp3) is 0.474. The van der Waals surface area contributed by atoms with E-state index in [1.54, 1.807) is 21.3 Å². The number of hydrogen-bond donors (Lipinski definition) is 0. The second-order valence-electron chi connectivity index (χ2n) is 5.82. The number of carbonyl (C=O) groups excluding carboxylic acids is 2. The van der Waals surface area contributed by atoms with Gasteiger partial charge in [-0.05, 0) is 5.56 Å². The zero-order chi connectivity index (χ0) is 18.9. The molecule has 0 radical (unpaired) electrons. The summed E-state index contributed by atoms with van der Waals surface area (Å²) in [7, 11) is 4.75. The fourth-order valence-electron chi connectivity index (χ4n) is 2.85. The monoisotopic (exact) mass is 362 g/mol. The maximum absolute atomic E-state index is 13.0. The van der Waals surface area contributed by atoms with Crippen LogP contribution in [0.5, 0.6) is 0 Å². The van der Waals surface area contributed by atoms with Gasteiger partial charge in [-0.15, -0.1) is 0 Å². The Balaban J connectivity index is 2.45. The molecule has 0 spiro atoms. The van der Waals surface area contributed by atoms with Gasteiger partial charge in [0.15, 0.2) is 0 Å². The highest BCUT2D eigenvalue weighted by Gasteiger charge is 2.41. The van der Waals surface area contributed by atoms with Crippen molar-refractivity contribution in [3.8, 4) is 0 Å². The van der Waals surface area contributed by atoms with Crippen LogP contribution < -0.4 is 0 Å². The summed E-state index contributed by atoms with van der Waals surface area (Å²) in [5.74, 6) is -0.605. The van der Waals surface area contributed by atoms with E-state index in [1.807, 2.05) is 35.2 Å². The molecule has 1 heterocycles. The maximum atomic E-state index is 13.0. The van der Waals surface area contributed by atoms with Crippen LogP contribution in [0.1, 0.15) is 5.56 Å². The summed E-state index contributed by atoms with van der Waals surface area (Å²) in [6, 6.07) is 9.26. The minimum Gasteiger partial charge on any atom is -0.383 e. The van der Waals surface area contributed by atoms with Crippen LogP contribution in [0.4, 0.5) is 0 Å². The van der Waals surface area contributed by atoms with E-state index in [0.717, 1.165) is 5.56 Å². The lowest BCUT2D eigenvalue weighted by molar-refractivity contribution is -0.138. The highest BCUT2D eigenvalue weighted by atomic mass is 16.5. The van der Waals surface area contributed by atoms with E-state index < -0.39 is 0 Å². The summed E-state index contributed by atoms with van der Waals surface area (Å²) in [5.41, 5.74) is 1.53. The second kappa shape index (κ2) is 10.1. The molecule has 7 heteroatoms. The lowest BCUT2D eigenvalue weighted by Gasteiger charge is -2.25. The molecule has 1 aliphatic rings. The average Bonchev–Trinajstić information content (AvgIpc) is 2.91. The molecule has 26 heavy (non-hydrogen) atoms.